The number of thiophene rings is 1. The second-order valence-corrected chi connectivity index (χ2v) is 6.97. The lowest BCUT2D eigenvalue weighted by atomic mass is 10.0. The Hall–Kier alpha value is -1.40. The van der Waals surface area contributed by atoms with Crippen molar-refractivity contribution in [2.24, 2.45) is 0 Å². The summed E-state index contributed by atoms with van der Waals surface area (Å²) in [6, 6.07) is 3.68. The van der Waals surface area contributed by atoms with E-state index in [1.807, 2.05) is 45.2 Å². The third-order valence-electron chi connectivity index (χ3n) is 2.72. The second-order valence-electron chi connectivity index (χ2n) is 5.59. The van der Waals surface area contributed by atoms with E-state index in [1.54, 1.807) is 11.3 Å². The molecule has 0 fully saturated rings. The normalized spacial score (nSPS) is 19.4. The van der Waals surface area contributed by atoms with Gasteiger partial charge in [0.15, 0.2) is 5.11 Å². The van der Waals surface area contributed by atoms with E-state index in [0.29, 0.717) is 10.7 Å². The minimum atomic E-state index is -0.525. The summed E-state index contributed by atoms with van der Waals surface area (Å²) in [4.78, 5) is 13.5. The van der Waals surface area contributed by atoms with Crippen molar-refractivity contribution in [3.8, 4) is 0 Å². The van der Waals surface area contributed by atoms with E-state index in [9.17, 15) is 4.79 Å². The molecule has 0 aliphatic carbocycles. The molecule has 0 bridgehead atoms. The molecule has 1 aliphatic heterocycles. The SMILES string of the molecule is CC1=C(C(=O)OC(C)(C)C)C(c2cccs2)NC(=S)N1. The van der Waals surface area contributed by atoms with Gasteiger partial charge in [0.25, 0.3) is 0 Å². The van der Waals surface area contributed by atoms with E-state index in [4.69, 9.17) is 17.0 Å². The van der Waals surface area contributed by atoms with Gasteiger partial charge < -0.3 is 15.4 Å². The van der Waals surface area contributed by atoms with Crippen molar-refractivity contribution in [2.45, 2.75) is 39.3 Å². The Kier molecular flexibility index (Phi) is 4.15. The van der Waals surface area contributed by atoms with E-state index in [0.717, 1.165) is 10.6 Å². The van der Waals surface area contributed by atoms with Crippen LogP contribution in [0.3, 0.4) is 0 Å². The highest BCUT2D eigenvalue weighted by molar-refractivity contribution is 7.80. The molecule has 1 aromatic rings. The van der Waals surface area contributed by atoms with Crippen molar-refractivity contribution in [3.63, 3.8) is 0 Å². The number of carbonyl (C=O) groups excluding carboxylic acids is 1. The quantitative estimate of drug-likeness (QED) is 0.650. The average Bonchev–Trinajstić information content (AvgIpc) is 2.77. The lowest BCUT2D eigenvalue weighted by molar-refractivity contribution is -0.150. The molecule has 0 radical (unpaired) electrons. The van der Waals surface area contributed by atoms with Crippen LogP contribution in [0.25, 0.3) is 0 Å². The standard InChI is InChI=1S/C14H18N2O2S2/c1-8-10(12(17)18-14(2,3)4)11(16-13(19)15-8)9-6-5-7-20-9/h5-7,11H,1-4H3,(H2,15,16,19). The van der Waals surface area contributed by atoms with Crippen LogP contribution in [0.2, 0.25) is 0 Å². The maximum atomic E-state index is 12.4. The van der Waals surface area contributed by atoms with Gasteiger partial charge in [0.2, 0.25) is 0 Å². The van der Waals surface area contributed by atoms with Gasteiger partial charge in [-0.1, -0.05) is 6.07 Å². The number of thiocarbonyl (C=S) groups is 1. The van der Waals surface area contributed by atoms with Crippen LogP contribution in [0.1, 0.15) is 38.6 Å². The number of carbonyl (C=O) groups is 1. The van der Waals surface area contributed by atoms with Crippen LogP contribution in [0, 0.1) is 0 Å². The Bertz CT molecular complexity index is 556. The first-order valence-electron chi connectivity index (χ1n) is 6.33. The van der Waals surface area contributed by atoms with Crippen LogP contribution in [-0.2, 0) is 9.53 Å². The highest BCUT2D eigenvalue weighted by Gasteiger charge is 2.33. The van der Waals surface area contributed by atoms with E-state index < -0.39 is 5.60 Å². The molecule has 0 amide bonds. The van der Waals surface area contributed by atoms with E-state index >= 15 is 0 Å². The number of allylic oxidation sites excluding steroid dienone is 1. The molecule has 0 aromatic carbocycles. The summed E-state index contributed by atoms with van der Waals surface area (Å²) in [5.41, 5.74) is 0.792. The number of hydrogen-bond donors (Lipinski definition) is 2. The molecular weight excluding hydrogens is 292 g/mol. The topological polar surface area (TPSA) is 50.4 Å². The molecule has 1 atom stereocenters. The first-order valence-corrected chi connectivity index (χ1v) is 7.62. The summed E-state index contributed by atoms with van der Waals surface area (Å²) >= 11 is 6.76. The molecular formula is C14H18N2O2S2. The summed E-state index contributed by atoms with van der Waals surface area (Å²) in [6.45, 7) is 7.41. The van der Waals surface area contributed by atoms with Gasteiger partial charge in [-0.3, -0.25) is 0 Å². The van der Waals surface area contributed by atoms with Gasteiger partial charge in [0.1, 0.15) is 5.60 Å². The predicted octanol–water partition coefficient (Wildman–Crippen LogP) is 2.88. The zero-order chi connectivity index (χ0) is 14.9. The number of ether oxygens (including phenoxy) is 1. The molecule has 1 aliphatic rings. The molecule has 2 rings (SSSR count). The van der Waals surface area contributed by atoms with Gasteiger partial charge in [-0.2, -0.15) is 0 Å². The third-order valence-corrected chi connectivity index (χ3v) is 3.87. The molecule has 20 heavy (non-hydrogen) atoms. The van der Waals surface area contributed by atoms with Crippen molar-refractivity contribution in [2.75, 3.05) is 0 Å². The summed E-state index contributed by atoms with van der Waals surface area (Å²) in [5, 5.41) is 8.63. The number of nitrogens with one attached hydrogen (secondary N) is 2. The fourth-order valence-electron chi connectivity index (χ4n) is 1.97. The maximum Gasteiger partial charge on any atom is 0.338 e. The lowest BCUT2D eigenvalue weighted by Crippen LogP contribution is -2.45. The van der Waals surface area contributed by atoms with Crippen LogP contribution >= 0.6 is 23.6 Å². The second kappa shape index (κ2) is 5.54. The Morgan fingerprint density at radius 3 is 2.70 bits per heavy atom. The Balaban J connectivity index is 2.37. The minimum Gasteiger partial charge on any atom is -0.456 e. The van der Waals surface area contributed by atoms with Crippen molar-refractivity contribution in [3.05, 3.63) is 33.7 Å². The fourth-order valence-corrected chi connectivity index (χ4v) is 3.02. The number of hydrogen-bond acceptors (Lipinski definition) is 4. The highest BCUT2D eigenvalue weighted by Crippen LogP contribution is 2.31. The third kappa shape index (κ3) is 3.37. The van der Waals surface area contributed by atoms with Gasteiger partial charge in [-0.15, -0.1) is 11.3 Å². The van der Waals surface area contributed by atoms with Crippen LogP contribution in [0.15, 0.2) is 28.8 Å². The molecule has 0 saturated carbocycles. The van der Waals surface area contributed by atoms with Gasteiger partial charge in [-0.05, 0) is 51.4 Å². The largest absolute Gasteiger partial charge is 0.456 e. The summed E-state index contributed by atoms with van der Waals surface area (Å²) in [7, 11) is 0. The summed E-state index contributed by atoms with van der Waals surface area (Å²) in [5.74, 6) is -0.323. The molecule has 0 spiro atoms. The van der Waals surface area contributed by atoms with Gasteiger partial charge in [-0.25, -0.2) is 4.79 Å². The van der Waals surface area contributed by atoms with E-state index in [1.165, 1.54) is 0 Å². The number of rotatable bonds is 2. The molecule has 6 heteroatoms. The lowest BCUT2D eigenvalue weighted by Gasteiger charge is -2.30. The first-order chi connectivity index (χ1) is 9.28. The predicted molar refractivity (Wildman–Crippen MR) is 84.5 cm³/mol. The van der Waals surface area contributed by atoms with Crippen molar-refractivity contribution in [1.82, 2.24) is 10.6 Å². The Morgan fingerprint density at radius 2 is 2.15 bits per heavy atom. The molecule has 0 saturated heterocycles. The molecule has 108 valence electrons. The van der Waals surface area contributed by atoms with Gasteiger partial charge in [0.05, 0.1) is 11.6 Å². The fraction of sp³-hybridized carbons (Fsp3) is 0.429. The van der Waals surface area contributed by atoms with Crippen molar-refractivity contribution >= 4 is 34.6 Å². The van der Waals surface area contributed by atoms with Crippen molar-refractivity contribution in [1.29, 1.82) is 0 Å². The average molecular weight is 310 g/mol. The zero-order valence-electron chi connectivity index (χ0n) is 11.9. The van der Waals surface area contributed by atoms with E-state index in [2.05, 4.69) is 10.6 Å². The smallest absolute Gasteiger partial charge is 0.338 e. The van der Waals surface area contributed by atoms with Crippen LogP contribution in [0.4, 0.5) is 0 Å². The van der Waals surface area contributed by atoms with Crippen LogP contribution in [-0.4, -0.2) is 16.7 Å². The first kappa shape index (κ1) is 15.0. The summed E-state index contributed by atoms with van der Waals surface area (Å²) < 4.78 is 5.50. The molecule has 1 aromatic heterocycles. The Labute approximate surface area is 128 Å². The van der Waals surface area contributed by atoms with E-state index in [-0.39, 0.29) is 12.0 Å². The van der Waals surface area contributed by atoms with Gasteiger partial charge >= 0.3 is 5.97 Å². The minimum absolute atomic E-state index is 0.251. The summed E-state index contributed by atoms with van der Waals surface area (Å²) in [6.07, 6.45) is 0. The Morgan fingerprint density at radius 1 is 1.45 bits per heavy atom. The van der Waals surface area contributed by atoms with Crippen molar-refractivity contribution < 1.29 is 9.53 Å². The highest BCUT2D eigenvalue weighted by atomic mass is 32.1. The van der Waals surface area contributed by atoms with Crippen LogP contribution in [0.5, 0.6) is 0 Å². The number of esters is 1. The zero-order valence-corrected chi connectivity index (χ0v) is 13.6. The molecule has 2 N–H and O–H groups in total. The molecule has 2 heterocycles. The molecule has 4 nitrogen and oxygen atoms in total. The van der Waals surface area contributed by atoms with Crippen LogP contribution < -0.4 is 10.6 Å². The monoisotopic (exact) mass is 310 g/mol. The van der Waals surface area contributed by atoms with Gasteiger partial charge in [0, 0.05) is 10.6 Å². The maximum absolute atomic E-state index is 12.4. The molecule has 1 unspecified atom stereocenters.